The van der Waals surface area contributed by atoms with Crippen molar-refractivity contribution in [2.45, 2.75) is 5.16 Å². The second-order valence-corrected chi connectivity index (χ2v) is 5.16. The number of hydrogen-bond donors (Lipinski definition) is 1. The molecular weight excluding hydrogens is 284 g/mol. The molecule has 0 bridgehead atoms. The number of halogens is 1. The van der Waals surface area contributed by atoms with E-state index in [4.69, 9.17) is 22.2 Å². The molecule has 1 heterocycles. The Bertz CT molecular complexity index is 599. The van der Waals surface area contributed by atoms with E-state index in [-0.39, 0.29) is 0 Å². The van der Waals surface area contributed by atoms with Crippen LogP contribution in [0.4, 0.5) is 0 Å². The lowest BCUT2D eigenvalue weighted by atomic mass is 10.2. The molecule has 7 heteroatoms. The minimum Gasteiger partial charge on any atom is -0.496 e. The van der Waals surface area contributed by atoms with Gasteiger partial charge < -0.3 is 10.6 Å². The van der Waals surface area contributed by atoms with Gasteiger partial charge in [-0.3, -0.25) is 0 Å². The molecule has 0 spiro atoms. The van der Waals surface area contributed by atoms with Crippen molar-refractivity contribution in [3.05, 3.63) is 35.9 Å². The van der Waals surface area contributed by atoms with E-state index in [2.05, 4.69) is 16.8 Å². The third-order valence-electron chi connectivity index (χ3n) is 2.37. The molecule has 100 valence electrons. The van der Waals surface area contributed by atoms with Gasteiger partial charge in [-0.15, -0.1) is 10.2 Å². The molecule has 2 aromatic rings. The average Bonchev–Trinajstić information content (AvgIpc) is 2.77. The third kappa shape index (κ3) is 3.02. The van der Waals surface area contributed by atoms with Crippen molar-refractivity contribution in [1.82, 2.24) is 14.9 Å². The molecule has 0 fully saturated rings. The van der Waals surface area contributed by atoms with Crippen molar-refractivity contribution in [3.8, 4) is 17.1 Å². The van der Waals surface area contributed by atoms with E-state index < -0.39 is 0 Å². The number of thioether (sulfide) groups is 1. The molecule has 1 aromatic heterocycles. The zero-order valence-electron chi connectivity index (χ0n) is 10.3. The molecule has 1 aromatic carbocycles. The predicted octanol–water partition coefficient (Wildman–Crippen LogP) is 2.51. The second-order valence-electron chi connectivity index (χ2n) is 3.68. The molecule has 0 radical (unpaired) electrons. The number of nitrogen functional groups attached to an aromatic ring is 1. The fourth-order valence-corrected chi connectivity index (χ4v) is 2.30. The summed E-state index contributed by atoms with van der Waals surface area (Å²) in [4.78, 5) is 0. The van der Waals surface area contributed by atoms with Crippen LogP contribution in [0.1, 0.15) is 0 Å². The van der Waals surface area contributed by atoms with E-state index in [1.165, 1.54) is 16.4 Å². The quantitative estimate of drug-likeness (QED) is 0.678. The van der Waals surface area contributed by atoms with Crippen LogP contribution in [0.5, 0.6) is 5.75 Å². The van der Waals surface area contributed by atoms with E-state index in [9.17, 15) is 0 Å². The minimum absolute atomic E-state index is 0.531. The first-order chi connectivity index (χ1) is 9.13. The van der Waals surface area contributed by atoms with Crippen LogP contribution in [0, 0.1) is 0 Å². The SMILES string of the molecule is C=C(Cl)CSc1nnc(-c2ccccc2OC)n1N. The van der Waals surface area contributed by atoms with Crippen LogP contribution >= 0.6 is 23.4 Å². The van der Waals surface area contributed by atoms with Crippen molar-refractivity contribution >= 4 is 23.4 Å². The van der Waals surface area contributed by atoms with Crippen molar-refractivity contribution in [2.75, 3.05) is 18.7 Å². The highest BCUT2D eigenvalue weighted by Gasteiger charge is 2.15. The summed E-state index contributed by atoms with van der Waals surface area (Å²) in [6, 6.07) is 7.49. The number of hydrogen-bond acceptors (Lipinski definition) is 5. The Kier molecular flexibility index (Phi) is 4.34. The van der Waals surface area contributed by atoms with Gasteiger partial charge in [-0.05, 0) is 12.1 Å². The highest BCUT2D eigenvalue weighted by Crippen LogP contribution is 2.29. The summed E-state index contributed by atoms with van der Waals surface area (Å²) in [6.45, 7) is 3.62. The van der Waals surface area contributed by atoms with Crippen LogP contribution in [0.15, 0.2) is 41.0 Å². The number of aromatic nitrogens is 3. The van der Waals surface area contributed by atoms with Crippen molar-refractivity contribution in [2.24, 2.45) is 0 Å². The number of nitrogens with zero attached hydrogens (tertiary/aromatic N) is 3. The summed E-state index contributed by atoms with van der Waals surface area (Å²) in [6.07, 6.45) is 0. The van der Waals surface area contributed by atoms with Crippen molar-refractivity contribution in [3.63, 3.8) is 0 Å². The molecule has 2 rings (SSSR count). The smallest absolute Gasteiger partial charge is 0.210 e. The Labute approximate surface area is 120 Å². The molecule has 0 aliphatic carbocycles. The fraction of sp³-hybridized carbons (Fsp3) is 0.167. The molecule has 2 N–H and O–H groups in total. The molecule has 0 atom stereocenters. The predicted molar refractivity (Wildman–Crippen MR) is 77.9 cm³/mol. The number of nitrogens with two attached hydrogens (primary N) is 1. The number of methoxy groups -OCH3 is 1. The second kappa shape index (κ2) is 5.99. The lowest BCUT2D eigenvalue weighted by Crippen LogP contribution is -2.12. The van der Waals surface area contributed by atoms with Crippen molar-refractivity contribution in [1.29, 1.82) is 0 Å². The first-order valence-corrected chi connectivity index (χ1v) is 6.79. The first kappa shape index (κ1) is 13.8. The van der Waals surface area contributed by atoms with Crippen molar-refractivity contribution < 1.29 is 4.74 Å². The Balaban J connectivity index is 2.33. The Morgan fingerprint density at radius 2 is 2.21 bits per heavy atom. The highest BCUT2D eigenvalue weighted by molar-refractivity contribution is 7.99. The van der Waals surface area contributed by atoms with Crippen LogP contribution in [0.2, 0.25) is 0 Å². The van der Waals surface area contributed by atoms with Crippen LogP contribution in [-0.4, -0.2) is 27.7 Å². The molecule has 0 saturated heterocycles. The van der Waals surface area contributed by atoms with E-state index in [0.29, 0.717) is 27.5 Å². The number of rotatable bonds is 5. The zero-order valence-corrected chi connectivity index (χ0v) is 11.9. The van der Waals surface area contributed by atoms with Crippen LogP contribution in [-0.2, 0) is 0 Å². The monoisotopic (exact) mass is 296 g/mol. The Morgan fingerprint density at radius 1 is 1.47 bits per heavy atom. The van der Waals surface area contributed by atoms with E-state index in [1.54, 1.807) is 7.11 Å². The molecule has 0 saturated carbocycles. The summed E-state index contributed by atoms with van der Waals surface area (Å²) in [5, 5.41) is 9.23. The van der Waals surface area contributed by atoms with Gasteiger partial charge in [0.15, 0.2) is 5.82 Å². The summed E-state index contributed by atoms with van der Waals surface area (Å²) < 4.78 is 6.70. The maximum Gasteiger partial charge on any atom is 0.210 e. The first-order valence-electron chi connectivity index (χ1n) is 5.43. The standard InChI is InChI=1S/C12H13ClN4OS/c1-8(13)7-19-12-16-15-11(17(12)14)9-5-3-4-6-10(9)18-2/h3-6H,1,7,14H2,2H3. The molecular formula is C12H13ClN4OS. The lowest BCUT2D eigenvalue weighted by Gasteiger charge is -2.07. The molecule has 0 aliphatic heterocycles. The van der Waals surface area contributed by atoms with Gasteiger partial charge in [-0.1, -0.05) is 42.1 Å². The van der Waals surface area contributed by atoms with Crippen LogP contribution in [0.3, 0.4) is 0 Å². The zero-order chi connectivity index (χ0) is 13.8. The summed E-state index contributed by atoms with van der Waals surface area (Å²) in [5.41, 5.74) is 0.788. The third-order valence-corrected chi connectivity index (χ3v) is 3.69. The highest BCUT2D eigenvalue weighted by atomic mass is 35.5. The Morgan fingerprint density at radius 3 is 2.89 bits per heavy atom. The largest absolute Gasteiger partial charge is 0.496 e. The van der Waals surface area contributed by atoms with E-state index in [0.717, 1.165) is 5.56 Å². The summed E-state index contributed by atoms with van der Waals surface area (Å²) in [7, 11) is 1.60. The fourth-order valence-electron chi connectivity index (χ4n) is 1.53. The van der Waals surface area contributed by atoms with Gasteiger partial charge >= 0.3 is 0 Å². The van der Waals surface area contributed by atoms with Gasteiger partial charge in [0, 0.05) is 10.8 Å². The maximum absolute atomic E-state index is 5.99. The number of ether oxygens (including phenoxy) is 1. The molecule has 0 amide bonds. The van der Waals surface area contributed by atoms with Gasteiger partial charge in [0.25, 0.3) is 0 Å². The summed E-state index contributed by atoms with van der Waals surface area (Å²) >= 11 is 7.09. The Hall–Kier alpha value is -1.66. The van der Waals surface area contributed by atoms with Gasteiger partial charge in [0.2, 0.25) is 5.16 Å². The molecule has 0 aliphatic rings. The molecule has 0 unspecified atom stereocenters. The average molecular weight is 297 g/mol. The van der Waals surface area contributed by atoms with Gasteiger partial charge in [0.05, 0.1) is 12.7 Å². The van der Waals surface area contributed by atoms with Gasteiger partial charge in [0.1, 0.15) is 5.75 Å². The van der Waals surface area contributed by atoms with Gasteiger partial charge in [-0.25, -0.2) is 4.68 Å². The molecule has 19 heavy (non-hydrogen) atoms. The number of para-hydroxylation sites is 1. The minimum atomic E-state index is 0.531. The topological polar surface area (TPSA) is 66.0 Å². The normalized spacial score (nSPS) is 10.4. The van der Waals surface area contributed by atoms with E-state index in [1.807, 2.05) is 24.3 Å². The van der Waals surface area contributed by atoms with Gasteiger partial charge in [-0.2, -0.15) is 0 Å². The summed E-state index contributed by atoms with van der Waals surface area (Å²) in [5.74, 6) is 7.75. The van der Waals surface area contributed by atoms with E-state index >= 15 is 0 Å². The van der Waals surface area contributed by atoms with Crippen LogP contribution in [0.25, 0.3) is 11.4 Å². The lowest BCUT2D eigenvalue weighted by molar-refractivity contribution is 0.416. The molecule has 5 nitrogen and oxygen atoms in total. The van der Waals surface area contributed by atoms with Crippen LogP contribution < -0.4 is 10.6 Å². The number of benzene rings is 1. The maximum atomic E-state index is 5.99.